The van der Waals surface area contributed by atoms with Crippen LogP contribution < -0.4 is 10.6 Å². The zero-order chi connectivity index (χ0) is 21.6. The molecule has 0 atom stereocenters. The molecule has 2 aromatic rings. The highest BCUT2D eigenvalue weighted by Crippen LogP contribution is 2.41. The highest BCUT2D eigenvalue weighted by molar-refractivity contribution is 7.13. The molecule has 1 aromatic carbocycles. The number of piperazine rings is 1. The lowest BCUT2D eigenvalue weighted by atomic mass is 10.2. The van der Waals surface area contributed by atoms with Crippen molar-refractivity contribution in [2.75, 3.05) is 51.1 Å². The highest BCUT2D eigenvalue weighted by atomic mass is 32.1. The summed E-state index contributed by atoms with van der Waals surface area (Å²) in [6.07, 6.45) is 3.18. The second-order valence-electron chi connectivity index (χ2n) is 8.14. The molecule has 1 aliphatic heterocycles. The highest BCUT2D eigenvalue weighted by Gasteiger charge is 2.28. The maximum absolute atomic E-state index is 12.5. The minimum Gasteiger partial charge on any atom is -0.352 e. The topological polar surface area (TPSA) is 90.5 Å². The van der Waals surface area contributed by atoms with Gasteiger partial charge < -0.3 is 20.4 Å². The summed E-state index contributed by atoms with van der Waals surface area (Å²) in [6.45, 7) is 9.40. The lowest BCUT2D eigenvalue weighted by molar-refractivity contribution is 0.0947. The molecule has 0 unspecified atom stereocenters. The summed E-state index contributed by atoms with van der Waals surface area (Å²) in [5.41, 5.74) is 1.11. The van der Waals surface area contributed by atoms with Crippen LogP contribution in [0.25, 0.3) is 0 Å². The summed E-state index contributed by atoms with van der Waals surface area (Å²) in [7, 11) is 0. The van der Waals surface area contributed by atoms with Crippen LogP contribution in [0.15, 0.2) is 24.3 Å². The van der Waals surface area contributed by atoms with Crippen molar-refractivity contribution in [1.29, 1.82) is 0 Å². The van der Waals surface area contributed by atoms with Gasteiger partial charge in [-0.2, -0.15) is 0 Å². The largest absolute Gasteiger partial charge is 0.352 e. The SMILES string of the molecule is CCN1CCN(CCCNC(=O)c2cccc(NC(=O)c3nnc(C4CC4)s3)c2)CC1. The molecule has 0 bridgehead atoms. The van der Waals surface area contributed by atoms with Gasteiger partial charge in [0.1, 0.15) is 5.01 Å². The van der Waals surface area contributed by atoms with Gasteiger partial charge >= 0.3 is 0 Å². The molecule has 0 spiro atoms. The van der Waals surface area contributed by atoms with E-state index in [-0.39, 0.29) is 11.8 Å². The lowest BCUT2D eigenvalue weighted by Gasteiger charge is -2.33. The summed E-state index contributed by atoms with van der Waals surface area (Å²) in [4.78, 5) is 29.9. The number of hydrogen-bond donors (Lipinski definition) is 2. The summed E-state index contributed by atoms with van der Waals surface area (Å²) < 4.78 is 0. The van der Waals surface area contributed by atoms with Crippen LogP contribution in [-0.4, -0.2) is 77.6 Å². The average molecular weight is 443 g/mol. The van der Waals surface area contributed by atoms with Crippen LogP contribution in [0.5, 0.6) is 0 Å². The predicted octanol–water partition coefficient (Wildman–Crippen LogP) is 2.43. The molecule has 9 heteroatoms. The maximum Gasteiger partial charge on any atom is 0.286 e. The van der Waals surface area contributed by atoms with Crippen molar-refractivity contribution < 1.29 is 9.59 Å². The number of nitrogens with zero attached hydrogens (tertiary/aromatic N) is 4. The van der Waals surface area contributed by atoms with E-state index in [1.165, 1.54) is 11.3 Å². The molecule has 0 radical (unpaired) electrons. The monoisotopic (exact) mass is 442 g/mol. The fraction of sp³-hybridized carbons (Fsp3) is 0.545. The Morgan fingerprint density at radius 3 is 2.61 bits per heavy atom. The van der Waals surface area contributed by atoms with E-state index in [4.69, 9.17) is 0 Å². The van der Waals surface area contributed by atoms with Crippen molar-refractivity contribution in [2.45, 2.75) is 32.1 Å². The summed E-state index contributed by atoms with van der Waals surface area (Å²) >= 11 is 1.35. The van der Waals surface area contributed by atoms with E-state index in [0.717, 1.165) is 63.5 Å². The quantitative estimate of drug-likeness (QED) is 0.580. The zero-order valence-electron chi connectivity index (χ0n) is 18.0. The van der Waals surface area contributed by atoms with E-state index in [2.05, 4.69) is 37.6 Å². The van der Waals surface area contributed by atoms with E-state index in [1.807, 2.05) is 0 Å². The molecule has 1 saturated heterocycles. The van der Waals surface area contributed by atoms with Gasteiger partial charge in [0.15, 0.2) is 0 Å². The van der Waals surface area contributed by atoms with Crippen LogP contribution in [0.4, 0.5) is 5.69 Å². The van der Waals surface area contributed by atoms with E-state index in [0.29, 0.717) is 28.7 Å². The number of benzene rings is 1. The second-order valence-corrected chi connectivity index (χ2v) is 9.15. The number of carbonyl (C=O) groups excluding carboxylic acids is 2. The fourth-order valence-corrected chi connectivity index (χ4v) is 4.59. The van der Waals surface area contributed by atoms with E-state index in [1.54, 1.807) is 24.3 Å². The maximum atomic E-state index is 12.5. The Morgan fingerprint density at radius 2 is 1.87 bits per heavy atom. The van der Waals surface area contributed by atoms with Crippen LogP contribution >= 0.6 is 11.3 Å². The third-order valence-corrected chi connectivity index (χ3v) is 6.88. The van der Waals surface area contributed by atoms with Gasteiger partial charge in [0.2, 0.25) is 5.01 Å². The molecule has 2 fully saturated rings. The number of nitrogens with one attached hydrogen (secondary N) is 2. The van der Waals surface area contributed by atoms with Gasteiger partial charge in [0.05, 0.1) is 0 Å². The van der Waals surface area contributed by atoms with Crippen molar-refractivity contribution >= 4 is 28.8 Å². The summed E-state index contributed by atoms with van der Waals surface area (Å²) in [6, 6.07) is 6.99. The van der Waals surface area contributed by atoms with Gasteiger partial charge in [-0.15, -0.1) is 10.2 Å². The summed E-state index contributed by atoms with van der Waals surface area (Å²) in [5.74, 6) is 0.0657. The van der Waals surface area contributed by atoms with Gasteiger partial charge in [-0.1, -0.05) is 24.3 Å². The molecule has 4 rings (SSSR count). The number of anilines is 1. The Hall–Kier alpha value is -2.36. The molecular formula is C22H30N6O2S. The molecule has 2 amide bonds. The van der Waals surface area contributed by atoms with Crippen molar-refractivity contribution in [3.05, 3.63) is 39.8 Å². The molecule has 2 N–H and O–H groups in total. The van der Waals surface area contributed by atoms with Crippen LogP contribution in [0, 0.1) is 0 Å². The van der Waals surface area contributed by atoms with Gasteiger partial charge in [-0.3, -0.25) is 9.59 Å². The number of likely N-dealkylation sites (N-methyl/N-ethyl adjacent to an activating group) is 1. The van der Waals surface area contributed by atoms with Gasteiger partial charge in [0.25, 0.3) is 11.8 Å². The van der Waals surface area contributed by atoms with Crippen LogP contribution in [0.1, 0.15) is 57.3 Å². The lowest BCUT2D eigenvalue weighted by Crippen LogP contribution is -2.46. The fourth-order valence-electron chi connectivity index (χ4n) is 3.68. The van der Waals surface area contributed by atoms with Gasteiger partial charge in [-0.05, 0) is 50.6 Å². The van der Waals surface area contributed by atoms with Crippen LogP contribution in [0.3, 0.4) is 0 Å². The predicted molar refractivity (Wildman–Crippen MR) is 122 cm³/mol. The van der Waals surface area contributed by atoms with Crippen LogP contribution in [0.2, 0.25) is 0 Å². The van der Waals surface area contributed by atoms with Gasteiger partial charge in [-0.25, -0.2) is 0 Å². The molecule has 2 aliphatic rings. The van der Waals surface area contributed by atoms with Crippen molar-refractivity contribution in [3.8, 4) is 0 Å². The molecule has 2 heterocycles. The number of hydrogen-bond acceptors (Lipinski definition) is 7. The first-order chi connectivity index (χ1) is 15.1. The molecule has 8 nitrogen and oxygen atoms in total. The molecule has 1 saturated carbocycles. The summed E-state index contributed by atoms with van der Waals surface area (Å²) in [5, 5.41) is 15.2. The third-order valence-electron chi connectivity index (χ3n) is 5.79. The normalized spacial score (nSPS) is 17.5. The average Bonchev–Trinajstić information content (AvgIpc) is 3.53. The smallest absolute Gasteiger partial charge is 0.286 e. The van der Waals surface area contributed by atoms with E-state index >= 15 is 0 Å². The Labute approximate surface area is 187 Å². The van der Waals surface area contributed by atoms with Gasteiger partial charge in [0, 0.05) is 49.9 Å². The molecule has 31 heavy (non-hydrogen) atoms. The Morgan fingerprint density at radius 1 is 1.10 bits per heavy atom. The number of aromatic nitrogens is 2. The Bertz CT molecular complexity index is 905. The van der Waals surface area contributed by atoms with Crippen molar-refractivity contribution in [1.82, 2.24) is 25.3 Å². The first kappa shape index (κ1) is 21.9. The first-order valence-electron chi connectivity index (χ1n) is 11.1. The Kier molecular flexibility index (Phi) is 7.26. The Balaban J connectivity index is 1.21. The molecule has 1 aliphatic carbocycles. The number of rotatable bonds is 9. The third kappa shape index (κ3) is 6.09. The standard InChI is InChI=1S/C22H30N6O2S/c1-2-27-11-13-28(14-12-27)10-4-9-23-19(29)17-5-3-6-18(15-17)24-20(30)22-26-25-21(31-22)16-7-8-16/h3,5-6,15-16H,2,4,7-14H2,1H3,(H,23,29)(H,24,30). The van der Waals surface area contributed by atoms with E-state index < -0.39 is 0 Å². The molecule has 166 valence electrons. The van der Waals surface area contributed by atoms with Crippen molar-refractivity contribution in [3.63, 3.8) is 0 Å². The second kappa shape index (κ2) is 10.3. The number of amides is 2. The van der Waals surface area contributed by atoms with E-state index in [9.17, 15) is 9.59 Å². The zero-order valence-corrected chi connectivity index (χ0v) is 18.8. The first-order valence-corrected chi connectivity index (χ1v) is 11.9. The minimum atomic E-state index is -0.287. The minimum absolute atomic E-state index is 0.126. The van der Waals surface area contributed by atoms with Crippen molar-refractivity contribution in [2.24, 2.45) is 0 Å². The molecule has 1 aromatic heterocycles. The molecular weight excluding hydrogens is 412 g/mol. The number of carbonyl (C=O) groups is 2. The van der Waals surface area contributed by atoms with Crippen LogP contribution in [-0.2, 0) is 0 Å².